The molecule has 0 aromatic heterocycles. The fourth-order valence-corrected chi connectivity index (χ4v) is 2.70. The second kappa shape index (κ2) is 6.91. The first-order valence-electron chi connectivity index (χ1n) is 7.00. The van der Waals surface area contributed by atoms with Crippen LogP contribution in [0.3, 0.4) is 0 Å². The van der Waals surface area contributed by atoms with Crippen LogP contribution < -0.4 is 5.32 Å². The number of halogens is 1. The molecule has 2 rings (SSSR count). The number of carbonyl (C=O) groups excluding carboxylic acids is 2. The normalized spacial score (nSPS) is 20.0. The van der Waals surface area contributed by atoms with Gasteiger partial charge in [0.05, 0.1) is 0 Å². The van der Waals surface area contributed by atoms with E-state index in [1.54, 1.807) is 36.1 Å². The molecule has 2 amide bonds. The standard InChI is InChI=1S/C15H19ClN2O3/c1-3-21-10(2)15(20)18-9-8-17-14(19)13(18)11-6-4-5-7-12(11)16/h4-7,10,13H,3,8-9H2,1-2H3,(H,17,19)/t10-,13-/m1/s1. The Balaban J connectivity index is 2.32. The van der Waals surface area contributed by atoms with Gasteiger partial charge in [-0.1, -0.05) is 29.8 Å². The van der Waals surface area contributed by atoms with Gasteiger partial charge in [0.25, 0.3) is 5.91 Å². The molecule has 1 aromatic carbocycles. The van der Waals surface area contributed by atoms with E-state index in [0.717, 1.165) is 0 Å². The lowest BCUT2D eigenvalue weighted by Gasteiger charge is -2.37. The van der Waals surface area contributed by atoms with Crippen molar-refractivity contribution in [1.29, 1.82) is 0 Å². The summed E-state index contributed by atoms with van der Waals surface area (Å²) < 4.78 is 5.35. The number of amides is 2. The molecule has 1 aliphatic heterocycles. The Morgan fingerprint density at radius 1 is 1.52 bits per heavy atom. The number of nitrogens with zero attached hydrogens (tertiary/aromatic N) is 1. The fraction of sp³-hybridized carbons (Fsp3) is 0.467. The number of ether oxygens (including phenoxy) is 1. The molecule has 0 aliphatic carbocycles. The third-order valence-corrected chi connectivity index (χ3v) is 3.80. The van der Waals surface area contributed by atoms with Crippen molar-refractivity contribution in [3.05, 3.63) is 34.9 Å². The Morgan fingerprint density at radius 2 is 2.24 bits per heavy atom. The zero-order valence-electron chi connectivity index (χ0n) is 12.1. The van der Waals surface area contributed by atoms with Gasteiger partial charge in [0, 0.05) is 30.3 Å². The smallest absolute Gasteiger partial charge is 0.252 e. The Kier molecular flexibility index (Phi) is 5.20. The second-order valence-corrected chi connectivity index (χ2v) is 5.25. The summed E-state index contributed by atoms with van der Waals surface area (Å²) in [6.07, 6.45) is -0.578. The summed E-state index contributed by atoms with van der Waals surface area (Å²) in [4.78, 5) is 26.3. The highest BCUT2D eigenvalue weighted by Crippen LogP contribution is 2.29. The van der Waals surface area contributed by atoms with Gasteiger partial charge < -0.3 is 15.0 Å². The molecule has 1 saturated heterocycles. The van der Waals surface area contributed by atoms with Gasteiger partial charge in [0.15, 0.2) is 0 Å². The Morgan fingerprint density at radius 3 is 2.90 bits per heavy atom. The van der Waals surface area contributed by atoms with Gasteiger partial charge in [-0.25, -0.2) is 0 Å². The highest BCUT2D eigenvalue weighted by atomic mass is 35.5. The van der Waals surface area contributed by atoms with Crippen molar-refractivity contribution in [2.24, 2.45) is 0 Å². The first-order chi connectivity index (χ1) is 10.1. The summed E-state index contributed by atoms with van der Waals surface area (Å²) in [6.45, 7) is 4.85. The van der Waals surface area contributed by atoms with Gasteiger partial charge in [-0.3, -0.25) is 9.59 Å². The summed E-state index contributed by atoms with van der Waals surface area (Å²) >= 11 is 6.18. The molecular formula is C15H19ClN2O3. The van der Waals surface area contributed by atoms with E-state index in [0.29, 0.717) is 30.3 Å². The topological polar surface area (TPSA) is 58.6 Å². The molecule has 1 heterocycles. The Labute approximate surface area is 129 Å². The van der Waals surface area contributed by atoms with Crippen molar-refractivity contribution in [1.82, 2.24) is 10.2 Å². The van der Waals surface area contributed by atoms with E-state index < -0.39 is 12.1 Å². The first-order valence-corrected chi connectivity index (χ1v) is 7.38. The minimum Gasteiger partial charge on any atom is -0.369 e. The van der Waals surface area contributed by atoms with Crippen molar-refractivity contribution < 1.29 is 14.3 Å². The maximum Gasteiger partial charge on any atom is 0.252 e. The average molecular weight is 311 g/mol. The largest absolute Gasteiger partial charge is 0.369 e. The zero-order valence-corrected chi connectivity index (χ0v) is 12.9. The molecule has 0 radical (unpaired) electrons. The van der Waals surface area contributed by atoms with E-state index in [2.05, 4.69) is 5.32 Å². The molecular weight excluding hydrogens is 292 g/mol. The van der Waals surface area contributed by atoms with Crippen LogP contribution in [0.4, 0.5) is 0 Å². The highest BCUT2D eigenvalue weighted by molar-refractivity contribution is 6.31. The van der Waals surface area contributed by atoms with Crippen LogP contribution in [0.25, 0.3) is 0 Å². The van der Waals surface area contributed by atoms with Crippen molar-refractivity contribution >= 4 is 23.4 Å². The maximum atomic E-state index is 12.5. The van der Waals surface area contributed by atoms with Gasteiger partial charge in [0.2, 0.25) is 5.91 Å². The summed E-state index contributed by atoms with van der Waals surface area (Å²) in [6, 6.07) is 6.37. The van der Waals surface area contributed by atoms with Gasteiger partial charge in [0.1, 0.15) is 12.1 Å². The molecule has 0 saturated carbocycles. The molecule has 1 aliphatic rings. The quantitative estimate of drug-likeness (QED) is 0.922. The van der Waals surface area contributed by atoms with Crippen LogP contribution >= 0.6 is 11.6 Å². The number of benzene rings is 1. The van der Waals surface area contributed by atoms with Crippen molar-refractivity contribution in [2.75, 3.05) is 19.7 Å². The molecule has 0 bridgehead atoms. The number of piperazine rings is 1. The van der Waals surface area contributed by atoms with Crippen LogP contribution in [-0.2, 0) is 14.3 Å². The van der Waals surface area contributed by atoms with Gasteiger partial charge >= 0.3 is 0 Å². The fourth-order valence-electron chi connectivity index (χ4n) is 2.47. The van der Waals surface area contributed by atoms with E-state index in [1.807, 2.05) is 6.92 Å². The monoisotopic (exact) mass is 310 g/mol. The predicted octanol–water partition coefficient (Wildman–Crippen LogP) is 1.76. The SMILES string of the molecule is CCO[C@H](C)C(=O)N1CCNC(=O)[C@H]1c1ccccc1Cl. The van der Waals surface area contributed by atoms with Gasteiger partial charge in [-0.05, 0) is 19.9 Å². The van der Waals surface area contributed by atoms with Crippen LogP contribution in [0, 0.1) is 0 Å². The molecule has 2 atom stereocenters. The Hall–Kier alpha value is -1.59. The molecule has 21 heavy (non-hydrogen) atoms. The second-order valence-electron chi connectivity index (χ2n) is 4.84. The van der Waals surface area contributed by atoms with Gasteiger partial charge in [-0.15, -0.1) is 0 Å². The zero-order chi connectivity index (χ0) is 15.4. The van der Waals surface area contributed by atoms with E-state index in [1.165, 1.54) is 0 Å². The van der Waals surface area contributed by atoms with Crippen molar-refractivity contribution in [3.63, 3.8) is 0 Å². The minimum atomic E-state index is -0.706. The number of hydrogen-bond donors (Lipinski definition) is 1. The number of rotatable bonds is 4. The summed E-state index contributed by atoms with van der Waals surface area (Å²) in [5.74, 6) is -0.414. The number of nitrogens with one attached hydrogen (secondary N) is 1. The lowest BCUT2D eigenvalue weighted by Crippen LogP contribution is -2.54. The third kappa shape index (κ3) is 3.36. The molecule has 1 aromatic rings. The summed E-state index contributed by atoms with van der Waals surface area (Å²) in [5.41, 5.74) is 0.633. The van der Waals surface area contributed by atoms with E-state index in [4.69, 9.17) is 16.3 Å². The minimum absolute atomic E-state index is 0.198. The molecule has 114 valence electrons. The van der Waals surface area contributed by atoms with Gasteiger partial charge in [-0.2, -0.15) is 0 Å². The average Bonchev–Trinajstić information content (AvgIpc) is 2.47. The molecule has 6 heteroatoms. The maximum absolute atomic E-state index is 12.5. The molecule has 1 fully saturated rings. The van der Waals surface area contributed by atoms with Crippen LogP contribution in [0.1, 0.15) is 25.5 Å². The first kappa shape index (κ1) is 15.8. The van der Waals surface area contributed by atoms with E-state index in [9.17, 15) is 9.59 Å². The lowest BCUT2D eigenvalue weighted by molar-refractivity contribution is -0.151. The molecule has 0 spiro atoms. The van der Waals surface area contributed by atoms with Crippen molar-refractivity contribution in [2.45, 2.75) is 26.0 Å². The molecule has 0 unspecified atom stereocenters. The summed E-state index contributed by atoms with van der Waals surface area (Å²) in [5, 5.41) is 3.25. The molecule has 1 N–H and O–H groups in total. The third-order valence-electron chi connectivity index (χ3n) is 3.46. The highest BCUT2D eigenvalue weighted by Gasteiger charge is 2.37. The van der Waals surface area contributed by atoms with Crippen LogP contribution in [0.15, 0.2) is 24.3 Å². The summed E-state index contributed by atoms with van der Waals surface area (Å²) in [7, 11) is 0. The molecule has 5 nitrogen and oxygen atoms in total. The predicted molar refractivity (Wildman–Crippen MR) is 80.0 cm³/mol. The van der Waals surface area contributed by atoms with Crippen molar-refractivity contribution in [3.8, 4) is 0 Å². The van der Waals surface area contributed by atoms with E-state index >= 15 is 0 Å². The lowest BCUT2D eigenvalue weighted by atomic mass is 10.0. The number of carbonyl (C=O) groups is 2. The number of hydrogen-bond acceptors (Lipinski definition) is 3. The van der Waals surface area contributed by atoms with Crippen LogP contribution in [-0.4, -0.2) is 42.5 Å². The Bertz CT molecular complexity index is 535. The van der Waals surface area contributed by atoms with E-state index in [-0.39, 0.29) is 11.8 Å². The van der Waals surface area contributed by atoms with Crippen LogP contribution in [0.2, 0.25) is 5.02 Å². The van der Waals surface area contributed by atoms with Crippen LogP contribution in [0.5, 0.6) is 0 Å².